The van der Waals surface area contributed by atoms with Crippen molar-refractivity contribution in [3.05, 3.63) is 74.5 Å². The number of aromatic hydroxyl groups is 1. The molecule has 1 aromatic heterocycles. The number of halogens is 3. The number of hydrogen-bond acceptors (Lipinski definition) is 3. The van der Waals surface area contributed by atoms with Crippen molar-refractivity contribution < 1.29 is 18.7 Å². The van der Waals surface area contributed by atoms with Gasteiger partial charge in [-0.3, -0.25) is 9.59 Å². The molecule has 0 spiro atoms. The van der Waals surface area contributed by atoms with Crippen LogP contribution in [0.15, 0.2) is 41.2 Å². The van der Waals surface area contributed by atoms with E-state index in [-0.39, 0.29) is 28.3 Å². The van der Waals surface area contributed by atoms with Gasteiger partial charge in [0.1, 0.15) is 17.4 Å². The molecule has 3 aromatic rings. The van der Waals surface area contributed by atoms with Crippen LogP contribution in [0.4, 0.5) is 8.78 Å². The predicted octanol–water partition coefficient (Wildman–Crippen LogP) is 3.59. The van der Waals surface area contributed by atoms with Crippen molar-refractivity contribution in [2.75, 3.05) is 0 Å². The molecule has 0 aliphatic carbocycles. The first-order valence-corrected chi connectivity index (χ1v) is 8.41. The molecule has 2 aromatic carbocycles. The number of carbonyl (C=O) groups excluding carboxylic acids is 1. The molecule has 3 rings (SSSR count). The van der Waals surface area contributed by atoms with Crippen LogP contribution in [-0.2, 0) is 11.2 Å². The Morgan fingerprint density at radius 1 is 1.26 bits per heavy atom. The van der Waals surface area contributed by atoms with E-state index in [4.69, 9.17) is 11.6 Å². The van der Waals surface area contributed by atoms with Crippen molar-refractivity contribution in [2.45, 2.75) is 19.4 Å². The number of carbonyl (C=O) groups is 1. The molecule has 0 unspecified atom stereocenters. The summed E-state index contributed by atoms with van der Waals surface area (Å²) in [5, 5.41) is 12.7. The Balaban J connectivity index is 1.82. The number of phenols is 1. The van der Waals surface area contributed by atoms with Gasteiger partial charge >= 0.3 is 0 Å². The van der Waals surface area contributed by atoms with E-state index in [1.165, 1.54) is 24.3 Å². The van der Waals surface area contributed by atoms with Crippen LogP contribution in [0.1, 0.15) is 24.1 Å². The lowest BCUT2D eigenvalue weighted by Gasteiger charge is -2.15. The molecule has 0 radical (unpaired) electrons. The summed E-state index contributed by atoms with van der Waals surface area (Å²) in [5.41, 5.74) is 0.221. The first-order chi connectivity index (χ1) is 12.8. The van der Waals surface area contributed by atoms with Gasteiger partial charge in [-0.1, -0.05) is 17.7 Å². The number of pyridine rings is 1. The number of hydrogen-bond donors (Lipinski definition) is 3. The number of benzene rings is 2. The SMILES string of the molecule is C[C@H](NC(=O)Cc1cc2c(Cl)c(O)ccc2[nH]c1=O)c1ccc(F)cc1F. The molecule has 5 nitrogen and oxygen atoms in total. The predicted molar refractivity (Wildman–Crippen MR) is 97.9 cm³/mol. The molecule has 0 bridgehead atoms. The van der Waals surface area contributed by atoms with Crippen LogP contribution in [0, 0.1) is 11.6 Å². The first kappa shape index (κ1) is 18.8. The summed E-state index contributed by atoms with van der Waals surface area (Å²) in [5.74, 6) is -2.15. The molecule has 1 atom stereocenters. The highest BCUT2D eigenvalue weighted by Gasteiger charge is 2.16. The quantitative estimate of drug-likeness (QED) is 0.634. The van der Waals surface area contributed by atoms with E-state index in [2.05, 4.69) is 10.3 Å². The summed E-state index contributed by atoms with van der Waals surface area (Å²) < 4.78 is 26.8. The Bertz CT molecular complexity index is 1100. The zero-order valence-corrected chi connectivity index (χ0v) is 14.9. The fourth-order valence-corrected chi connectivity index (χ4v) is 3.02. The van der Waals surface area contributed by atoms with Gasteiger partial charge in [0, 0.05) is 22.6 Å². The highest BCUT2D eigenvalue weighted by molar-refractivity contribution is 6.36. The second kappa shape index (κ2) is 7.36. The van der Waals surface area contributed by atoms with Crippen LogP contribution in [0.25, 0.3) is 10.9 Å². The van der Waals surface area contributed by atoms with Crippen molar-refractivity contribution in [3.8, 4) is 5.75 Å². The van der Waals surface area contributed by atoms with E-state index in [9.17, 15) is 23.5 Å². The molecule has 0 fully saturated rings. The maximum absolute atomic E-state index is 13.8. The van der Waals surface area contributed by atoms with Crippen molar-refractivity contribution in [1.82, 2.24) is 10.3 Å². The summed E-state index contributed by atoms with van der Waals surface area (Å²) in [6.45, 7) is 1.55. The normalized spacial score (nSPS) is 12.1. The lowest BCUT2D eigenvalue weighted by atomic mass is 10.1. The number of aromatic nitrogens is 1. The van der Waals surface area contributed by atoms with Crippen LogP contribution in [0.2, 0.25) is 5.02 Å². The van der Waals surface area contributed by atoms with E-state index >= 15 is 0 Å². The minimum atomic E-state index is -0.770. The molecular weight excluding hydrogens is 378 g/mol. The van der Waals surface area contributed by atoms with E-state index < -0.39 is 29.1 Å². The number of amides is 1. The van der Waals surface area contributed by atoms with Gasteiger partial charge in [0.15, 0.2) is 0 Å². The first-order valence-electron chi connectivity index (χ1n) is 8.04. The van der Waals surface area contributed by atoms with Gasteiger partial charge in [0.25, 0.3) is 5.56 Å². The zero-order chi connectivity index (χ0) is 19.7. The van der Waals surface area contributed by atoms with E-state index in [0.29, 0.717) is 10.9 Å². The monoisotopic (exact) mass is 392 g/mol. The molecule has 3 N–H and O–H groups in total. The summed E-state index contributed by atoms with van der Waals surface area (Å²) >= 11 is 6.04. The molecule has 0 aliphatic rings. The molecule has 8 heteroatoms. The lowest BCUT2D eigenvalue weighted by molar-refractivity contribution is -0.121. The van der Waals surface area contributed by atoms with Crippen molar-refractivity contribution in [2.24, 2.45) is 0 Å². The second-order valence-corrected chi connectivity index (χ2v) is 6.49. The molecule has 140 valence electrons. The van der Waals surface area contributed by atoms with Gasteiger partial charge < -0.3 is 15.4 Å². The van der Waals surface area contributed by atoms with Gasteiger partial charge in [0.05, 0.1) is 23.0 Å². The summed E-state index contributed by atoms with van der Waals surface area (Å²) in [4.78, 5) is 27.0. The fourth-order valence-electron chi connectivity index (χ4n) is 2.80. The highest BCUT2D eigenvalue weighted by atomic mass is 35.5. The minimum absolute atomic E-state index is 0.0622. The average molecular weight is 393 g/mol. The van der Waals surface area contributed by atoms with Crippen molar-refractivity contribution in [1.29, 1.82) is 0 Å². The number of nitrogens with one attached hydrogen (secondary N) is 2. The van der Waals surface area contributed by atoms with Crippen LogP contribution < -0.4 is 10.9 Å². The van der Waals surface area contributed by atoms with Crippen LogP contribution in [-0.4, -0.2) is 16.0 Å². The topological polar surface area (TPSA) is 82.2 Å². The molecule has 27 heavy (non-hydrogen) atoms. The molecule has 0 saturated heterocycles. The number of rotatable bonds is 4. The Labute approximate surface area is 157 Å². The van der Waals surface area contributed by atoms with Gasteiger partial charge in [0.2, 0.25) is 5.91 Å². The highest BCUT2D eigenvalue weighted by Crippen LogP contribution is 2.30. The average Bonchev–Trinajstić information content (AvgIpc) is 2.59. The Morgan fingerprint density at radius 3 is 2.70 bits per heavy atom. The molecule has 1 heterocycles. The summed E-state index contributed by atoms with van der Waals surface area (Å²) in [6, 6.07) is 6.65. The zero-order valence-electron chi connectivity index (χ0n) is 14.1. The Kier molecular flexibility index (Phi) is 5.14. The van der Waals surface area contributed by atoms with E-state index in [0.717, 1.165) is 12.1 Å². The van der Waals surface area contributed by atoms with Crippen molar-refractivity contribution in [3.63, 3.8) is 0 Å². The van der Waals surface area contributed by atoms with Gasteiger partial charge in [-0.05, 0) is 31.2 Å². The maximum Gasteiger partial charge on any atom is 0.252 e. The lowest BCUT2D eigenvalue weighted by Crippen LogP contribution is -2.30. The Morgan fingerprint density at radius 2 is 2.00 bits per heavy atom. The third kappa shape index (κ3) is 3.93. The summed E-state index contributed by atoms with van der Waals surface area (Å²) in [7, 11) is 0. The maximum atomic E-state index is 13.8. The third-order valence-corrected chi connectivity index (χ3v) is 4.57. The second-order valence-electron chi connectivity index (χ2n) is 6.12. The largest absolute Gasteiger partial charge is 0.506 e. The fraction of sp³-hybridized carbons (Fsp3) is 0.158. The summed E-state index contributed by atoms with van der Waals surface area (Å²) in [6.07, 6.45) is -0.273. The Hall–Kier alpha value is -2.93. The molecule has 1 amide bonds. The molecule has 0 aliphatic heterocycles. The van der Waals surface area contributed by atoms with E-state index in [1.54, 1.807) is 6.92 Å². The minimum Gasteiger partial charge on any atom is -0.506 e. The van der Waals surface area contributed by atoms with Crippen molar-refractivity contribution >= 4 is 28.4 Å². The van der Waals surface area contributed by atoms with E-state index in [1.807, 2.05) is 0 Å². The molecule has 0 saturated carbocycles. The van der Waals surface area contributed by atoms with Gasteiger partial charge in [-0.2, -0.15) is 0 Å². The van der Waals surface area contributed by atoms with Gasteiger partial charge in [-0.25, -0.2) is 8.78 Å². The standard InChI is InChI=1S/C19H15ClF2N2O3/c1-9(12-3-2-11(21)8-14(12)22)23-17(26)7-10-6-13-15(24-19(10)27)4-5-16(25)18(13)20/h2-6,8-9,25H,7H2,1H3,(H,23,26)(H,24,27)/t9-/m0/s1. The van der Waals surface area contributed by atoms with Crippen LogP contribution in [0.5, 0.6) is 5.75 Å². The number of phenolic OH excluding ortho intramolecular Hbond substituents is 1. The molecular formula is C19H15ClF2N2O3. The number of fused-ring (bicyclic) bond motifs is 1. The van der Waals surface area contributed by atoms with Crippen LogP contribution in [0.3, 0.4) is 0 Å². The third-order valence-electron chi connectivity index (χ3n) is 4.18. The van der Waals surface area contributed by atoms with Crippen LogP contribution >= 0.6 is 11.6 Å². The number of H-pyrrole nitrogens is 1. The number of aromatic amines is 1. The smallest absolute Gasteiger partial charge is 0.252 e. The van der Waals surface area contributed by atoms with Gasteiger partial charge in [-0.15, -0.1) is 0 Å².